The van der Waals surface area contributed by atoms with Crippen LogP contribution in [0.3, 0.4) is 0 Å². The molecule has 2 rings (SSSR count). The highest BCUT2D eigenvalue weighted by atomic mass is 15.2. The second kappa shape index (κ2) is 5.56. The van der Waals surface area contributed by atoms with Gasteiger partial charge < -0.3 is 16.0 Å². The molecule has 0 aliphatic carbocycles. The topological polar surface area (TPSA) is 81.8 Å². The van der Waals surface area contributed by atoms with Crippen LogP contribution in [0.2, 0.25) is 0 Å². The van der Waals surface area contributed by atoms with Gasteiger partial charge in [-0.2, -0.15) is 5.10 Å². The zero-order valence-electron chi connectivity index (χ0n) is 11.3. The van der Waals surface area contributed by atoms with Crippen molar-refractivity contribution >= 4 is 17.7 Å². The lowest BCUT2D eigenvalue weighted by atomic mass is 10.1. The molecule has 4 N–H and O–H groups in total. The number of hydrogen-bond donors (Lipinski definition) is 3. The quantitative estimate of drug-likeness (QED) is 0.720. The van der Waals surface area contributed by atoms with E-state index in [0.717, 1.165) is 24.2 Å². The first-order chi connectivity index (χ1) is 9.21. The van der Waals surface area contributed by atoms with Crippen LogP contribution in [-0.2, 0) is 0 Å². The molecule has 2 aromatic rings. The van der Waals surface area contributed by atoms with Crippen molar-refractivity contribution in [1.82, 2.24) is 10.2 Å². The Morgan fingerprint density at radius 3 is 2.42 bits per heavy atom. The van der Waals surface area contributed by atoms with E-state index < -0.39 is 0 Å². The highest BCUT2D eigenvalue weighted by molar-refractivity contribution is 5.91. The fraction of sp³-hybridized carbons (Fsp3) is 0.286. The number of nitrogens with one attached hydrogen (secondary N) is 2. The van der Waals surface area contributed by atoms with E-state index in [-0.39, 0.29) is 0 Å². The Morgan fingerprint density at radius 1 is 1.26 bits per heavy atom. The summed E-state index contributed by atoms with van der Waals surface area (Å²) < 4.78 is 0. The Kier molecular flexibility index (Phi) is 3.85. The van der Waals surface area contributed by atoms with Crippen molar-refractivity contribution in [2.24, 2.45) is 0 Å². The van der Waals surface area contributed by atoms with Crippen LogP contribution in [0.4, 0.5) is 11.5 Å². The fourth-order valence-electron chi connectivity index (χ4n) is 2.21. The molecule has 0 spiro atoms. The summed E-state index contributed by atoms with van der Waals surface area (Å²) in [5, 5.41) is 14.1. The van der Waals surface area contributed by atoms with Gasteiger partial charge in [-0.1, -0.05) is 12.1 Å². The van der Waals surface area contributed by atoms with Crippen LogP contribution in [0.1, 0.15) is 19.5 Å². The Balaban J connectivity index is 2.37. The normalized spacial score (nSPS) is 10.4. The SMILES string of the molecule is CCN(CC)c1ccc(-c2c(N)n[nH]c2C=N)cc1. The van der Waals surface area contributed by atoms with E-state index in [1.54, 1.807) is 0 Å². The van der Waals surface area contributed by atoms with Crippen LogP contribution >= 0.6 is 0 Å². The highest BCUT2D eigenvalue weighted by Gasteiger charge is 2.11. The van der Waals surface area contributed by atoms with Gasteiger partial charge in [0.1, 0.15) is 0 Å². The molecule has 0 radical (unpaired) electrons. The maximum Gasteiger partial charge on any atom is 0.153 e. The van der Waals surface area contributed by atoms with Crippen molar-refractivity contribution < 1.29 is 0 Å². The van der Waals surface area contributed by atoms with E-state index in [1.807, 2.05) is 12.1 Å². The number of anilines is 2. The molecule has 0 saturated carbocycles. The monoisotopic (exact) mass is 257 g/mol. The van der Waals surface area contributed by atoms with E-state index >= 15 is 0 Å². The summed E-state index contributed by atoms with van der Waals surface area (Å²) in [6.07, 6.45) is 1.23. The predicted molar refractivity (Wildman–Crippen MR) is 79.9 cm³/mol. The number of nitrogens with zero attached hydrogens (tertiary/aromatic N) is 2. The second-order valence-corrected chi connectivity index (χ2v) is 4.26. The number of nitrogen functional groups attached to an aromatic ring is 1. The molecule has 1 aromatic carbocycles. The van der Waals surface area contributed by atoms with E-state index in [9.17, 15) is 0 Å². The first kappa shape index (κ1) is 13.1. The standard InChI is InChI=1S/C14H19N5/c1-3-19(4-2)11-7-5-10(6-8-11)13-12(9-15)17-18-14(13)16/h5-9,15H,3-4H2,1-2H3,(H3,16,17,18). The molecule has 0 aliphatic heterocycles. The Hall–Kier alpha value is -2.30. The Bertz CT molecular complexity index is 552. The number of H-pyrrole nitrogens is 1. The minimum Gasteiger partial charge on any atom is -0.382 e. The maximum absolute atomic E-state index is 7.36. The van der Waals surface area contributed by atoms with Crippen LogP contribution in [0.25, 0.3) is 11.1 Å². The first-order valence-electron chi connectivity index (χ1n) is 6.40. The van der Waals surface area contributed by atoms with Crippen LogP contribution < -0.4 is 10.6 Å². The molecule has 0 atom stereocenters. The van der Waals surface area contributed by atoms with E-state index in [2.05, 4.69) is 41.1 Å². The van der Waals surface area contributed by atoms with Gasteiger partial charge in [0, 0.05) is 25.0 Å². The van der Waals surface area contributed by atoms with Crippen molar-refractivity contribution in [3.8, 4) is 11.1 Å². The molecule has 0 saturated heterocycles. The molecule has 0 unspecified atom stereocenters. The summed E-state index contributed by atoms with van der Waals surface area (Å²) in [5.41, 5.74) is 9.43. The average molecular weight is 257 g/mol. The molecule has 5 heteroatoms. The number of aromatic nitrogens is 2. The molecule has 1 aromatic heterocycles. The smallest absolute Gasteiger partial charge is 0.153 e. The second-order valence-electron chi connectivity index (χ2n) is 4.26. The predicted octanol–water partition coefficient (Wildman–Crippen LogP) is 2.50. The van der Waals surface area contributed by atoms with Gasteiger partial charge in [0.2, 0.25) is 0 Å². The lowest BCUT2D eigenvalue weighted by Crippen LogP contribution is -2.21. The van der Waals surface area contributed by atoms with Gasteiger partial charge in [-0.05, 0) is 31.5 Å². The molecular formula is C14H19N5. The summed E-state index contributed by atoms with van der Waals surface area (Å²) >= 11 is 0. The van der Waals surface area contributed by atoms with Crippen molar-refractivity contribution in [1.29, 1.82) is 5.41 Å². The number of aromatic amines is 1. The zero-order valence-corrected chi connectivity index (χ0v) is 11.3. The number of nitrogens with two attached hydrogens (primary N) is 1. The van der Waals surface area contributed by atoms with Gasteiger partial charge in [0.05, 0.1) is 11.3 Å². The lowest BCUT2D eigenvalue weighted by molar-refractivity contribution is 0.866. The first-order valence-corrected chi connectivity index (χ1v) is 6.40. The zero-order chi connectivity index (χ0) is 13.8. The largest absolute Gasteiger partial charge is 0.382 e. The minimum atomic E-state index is 0.425. The molecule has 5 nitrogen and oxygen atoms in total. The molecular weight excluding hydrogens is 238 g/mol. The average Bonchev–Trinajstić information content (AvgIpc) is 2.82. The van der Waals surface area contributed by atoms with Crippen LogP contribution in [0.5, 0.6) is 0 Å². The van der Waals surface area contributed by atoms with E-state index in [4.69, 9.17) is 11.1 Å². The maximum atomic E-state index is 7.36. The highest BCUT2D eigenvalue weighted by Crippen LogP contribution is 2.28. The van der Waals surface area contributed by atoms with Crippen LogP contribution in [0, 0.1) is 5.41 Å². The Morgan fingerprint density at radius 2 is 1.89 bits per heavy atom. The summed E-state index contributed by atoms with van der Waals surface area (Å²) in [4.78, 5) is 2.28. The van der Waals surface area contributed by atoms with Crippen LogP contribution in [-0.4, -0.2) is 29.5 Å². The molecule has 1 heterocycles. The Labute approximate surface area is 112 Å². The number of rotatable bonds is 5. The van der Waals surface area contributed by atoms with Crippen molar-refractivity contribution in [2.45, 2.75) is 13.8 Å². The third-order valence-corrected chi connectivity index (χ3v) is 3.25. The van der Waals surface area contributed by atoms with Gasteiger partial charge in [0.15, 0.2) is 5.82 Å². The summed E-state index contributed by atoms with van der Waals surface area (Å²) in [5.74, 6) is 0.425. The van der Waals surface area contributed by atoms with Crippen molar-refractivity contribution in [3.63, 3.8) is 0 Å². The van der Waals surface area contributed by atoms with Gasteiger partial charge in [-0.25, -0.2) is 0 Å². The molecule has 0 fully saturated rings. The van der Waals surface area contributed by atoms with Gasteiger partial charge in [-0.3, -0.25) is 5.10 Å². The molecule has 0 amide bonds. The lowest BCUT2D eigenvalue weighted by Gasteiger charge is -2.21. The van der Waals surface area contributed by atoms with Crippen molar-refractivity contribution in [3.05, 3.63) is 30.0 Å². The summed E-state index contributed by atoms with van der Waals surface area (Å²) in [6, 6.07) is 8.18. The molecule has 19 heavy (non-hydrogen) atoms. The van der Waals surface area contributed by atoms with E-state index in [0.29, 0.717) is 11.5 Å². The minimum absolute atomic E-state index is 0.425. The summed E-state index contributed by atoms with van der Waals surface area (Å²) in [6.45, 7) is 6.24. The molecule has 100 valence electrons. The third-order valence-electron chi connectivity index (χ3n) is 3.25. The van der Waals surface area contributed by atoms with Crippen molar-refractivity contribution in [2.75, 3.05) is 23.7 Å². The van der Waals surface area contributed by atoms with Gasteiger partial charge >= 0.3 is 0 Å². The van der Waals surface area contributed by atoms with Gasteiger partial charge in [0.25, 0.3) is 0 Å². The summed E-state index contributed by atoms with van der Waals surface area (Å²) in [7, 11) is 0. The third kappa shape index (κ3) is 2.45. The van der Waals surface area contributed by atoms with Crippen LogP contribution in [0.15, 0.2) is 24.3 Å². The number of hydrogen-bond acceptors (Lipinski definition) is 4. The molecule has 0 bridgehead atoms. The van der Waals surface area contributed by atoms with E-state index in [1.165, 1.54) is 11.9 Å². The molecule has 0 aliphatic rings. The van der Waals surface area contributed by atoms with Gasteiger partial charge in [-0.15, -0.1) is 0 Å². The fourth-order valence-corrected chi connectivity index (χ4v) is 2.21. The number of benzene rings is 1.